The SMILES string of the molecule is O=C(NC1CC1)c1cc(NC(=O)N(Cc2ccccc2)Cc2ccco2)ccc1Cl. The highest BCUT2D eigenvalue weighted by molar-refractivity contribution is 6.34. The molecule has 0 saturated heterocycles. The topological polar surface area (TPSA) is 74.6 Å². The summed E-state index contributed by atoms with van der Waals surface area (Å²) in [6.45, 7) is 0.728. The van der Waals surface area contributed by atoms with E-state index in [1.165, 1.54) is 0 Å². The number of carbonyl (C=O) groups is 2. The van der Waals surface area contributed by atoms with Crippen molar-refractivity contribution in [3.63, 3.8) is 0 Å². The summed E-state index contributed by atoms with van der Waals surface area (Å²) in [5.74, 6) is 0.456. The molecule has 3 aromatic rings. The average Bonchev–Trinajstić information content (AvgIpc) is 3.41. The molecule has 0 bridgehead atoms. The molecule has 154 valence electrons. The Bertz CT molecular complexity index is 1020. The number of anilines is 1. The third-order valence-electron chi connectivity index (χ3n) is 4.81. The predicted octanol–water partition coefficient (Wildman–Crippen LogP) is 5.06. The standard InChI is InChI=1S/C23H22ClN3O3/c24-21-11-10-18(13-20(21)22(28)25-17-8-9-17)26-23(29)27(15-19-7-4-12-30-19)14-16-5-2-1-3-6-16/h1-7,10-13,17H,8-9,14-15H2,(H,25,28)(H,26,29). The van der Waals surface area contributed by atoms with Crippen molar-refractivity contribution < 1.29 is 14.0 Å². The van der Waals surface area contributed by atoms with Gasteiger partial charge in [0.15, 0.2) is 0 Å². The number of benzene rings is 2. The Morgan fingerprint density at radius 2 is 1.83 bits per heavy atom. The number of hydrogen-bond acceptors (Lipinski definition) is 3. The van der Waals surface area contributed by atoms with Gasteiger partial charge in [0, 0.05) is 18.3 Å². The molecular formula is C23H22ClN3O3. The number of nitrogens with one attached hydrogen (secondary N) is 2. The van der Waals surface area contributed by atoms with E-state index < -0.39 is 0 Å². The molecule has 0 unspecified atom stereocenters. The van der Waals surface area contributed by atoms with E-state index in [2.05, 4.69) is 10.6 Å². The molecule has 0 atom stereocenters. The van der Waals surface area contributed by atoms with Gasteiger partial charge in [-0.25, -0.2) is 4.79 Å². The average molecular weight is 424 g/mol. The maximum atomic E-state index is 13.0. The summed E-state index contributed by atoms with van der Waals surface area (Å²) in [7, 11) is 0. The fourth-order valence-corrected chi connectivity index (χ4v) is 3.27. The molecule has 6 nitrogen and oxygen atoms in total. The van der Waals surface area contributed by atoms with E-state index >= 15 is 0 Å². The van der Waals surface area contributed by atoms with Gasteiger partial charge < -0.3 is 20.0 Å². The lowest BCUT2D eigenvalue weighted by Gasteiger charge is -2.22. The van der Waals surface area contributed by atoms with E-state index in [9.17, 15) is 9.59 Å². The van der Waals surface area contributed by atoms with Crippen molar-refractivity contribution in [1.29, 1.82) is 0 Å². The molecule has 0 aliphatic heterocycles. The summed E-state index contributed by atoms with van der Waals surface area (Å²) in [5.41, 5.74) is 1.85. The van der Waals surface area contributed by atoms with Gasteiger partial charge in [0.25, 0.3) is 5.91 Å². The van der Waals surface area contributed by atoms with Gasteiger partial charge in [-0.1, -0.05) is 41.9 Å². The van der Waals surface area contributed by atoms with Crippen LogP contribution in [0.3, 0.4) is 0 Å². The van der Waals surface area contributed by atoms with E-state index in [-0.39, 0.29) is 18.0 Å². The van der Waals surface area contributed by atoms with Crippen molar-refractivity contribution in [3.8, 4) is 0 Å². The molecule has 30 heavy (non-hydrogen) atoms. The lowest BCUT2D eigenvalue weighted by Crippen LogP contribution is -2.34. The predicted molar refractivity (Wildman–Crippen MR) is 115 cm³/mol. The fourth-order valence-electron chi connectivity index (χ4n) is 3.06. The van der Waals surface area contributed by atoms with Gasteiger partial charge in [0.05, 0.1) is 23.4 Å². The lowest BCUT2D eigenvalue weighted by molar-refractivity contribution is 0.0951. The van der Waals surface area contributed by atoms with Crippen LogP contribution in [0.4, 0.5) is 10.5 Å². The Kier molecular flexibility index (Phi) is 6.05. The van der Waals surface area contributed by atoms with E-state index in [0.29, 0.717) is 35.1 Å². The summed E-state index contributed by atoms with van der Waals surface area (Å²) in [4.78, 5) is 27.1. The van der Waals surface area contributed by atoms with Crippen LogP contribution in [0.5, 0.6) is 0 Å². The molecule has 0 radical (unpaired) electrons. The molecule has 3 amide bonds. The summed E-state index contributed by atoms with van der Waals surface area (Å²) in [5, 5.41) is 6.14. The van der Waals surface area contributed by atoms with E-state index in [1.807, 2.05) is 36.4 Å². The molecule has 1 aromatic heterocycles. The van der Waals surface area contributed by atoms with Crippen molar-refractivity contribution in [3.05, 3.63) is 88.8 Å². The summed E-state index contributed by atoms with van der Waals surface area (Å²) >= 11 is 6.20. The summed E-state index contributed by atoms with van der Waals surface area (Å²) in [6.07, 6.45) is 3.56. The van der Waals surface area contributed by atoms with Crippen molar-refractivity contribution in [2.75, 3.05) is 5.32 Å². The van der Waals surface area contributed by atoms with E-state index in [1.54, 1.807) is 35.4 Å². The van der Waals surface area contributed by atoms with Crippen LogP contribution < -0.4 is 10.6 Å². The molecule has 2 aromatic carbocycles. The highest BCUT2D eigenvalue weighted by atomic mass is 35.5. The Labute approximate surface area is 179 Å². The molecule has 4 rings (SSSR count). The molecule has 1 heterocycles. The number of rotatable bonds is 7. The minimum Gasteiger partial charge on any atom is -0.467 e. The first kappa shape index (κ1) is 20.0. The maximum Gasteiger partial charge on any atom is 0.322 e. The lowest BCUT2D eigenvalue weighted by atomic mass is 10.2. The quantitative estimate of drug-likeness (QED) is 0.557. The first-order valence-corrected chi connectivity index (χ1v) is 10.2. The molecule has 1 saturated carbocycles. The molecule has 1 fully saturated rings. The summed E-state index contributed by atoms with van der Waals surface area (Å²) in [6, 6.07) is 18.2. The second-order valence-electron chi connectivity index (χ2n) is 7.29. The van der Waals surface area contributed by atoms with Crippen molar-refractivity contribution in [2.24, 2.45) is 0 Å². The second-order valence-corrected chi connectivity index (χ2v) is 7.70. The number of furan rings is 1. The summed E-state index contributed by atoms with van der Waals surface area (Å²) < 4.78 is 5.42. The van der Waals surface area contributed by atoms with Crippen LogP contribution in [0.15, 0.2) is 71.3 Å². The Morgan fingerprint density at radius 1 is 1.03 bits per heavy atom. The van der Waals surface area contributed by atoms with Crippen LogP contribution in [-0.4, -0.2) is 22.9 Å². The fraction of sp³-hybridized carbons (Fsp3) is 0.217. The van der Waals surface area contributed by atoms with Gasteiger partial charge in [0.2, 0.25) is 0 Å². The first-order valence-electron chi connectivity index (χ1n) is 9.81. The van der Waals surface area contributed by atoms with Gasteiger partial charge in [-0.05, 0) is 48.7 Å². The van der Waals surface area contributed by atoms with Gasteiger partial charge in [-0.3, -0.25) is 4.79 Å². The molecule has 0 spiro atoms. The number of nitrogens with zero attached hydrogens (tertiary/aromatic N) is 1. The smallest absolute Gasteiger partial charge is 0.322 e. The molecule has 1 aliphatic carbocycles. The normalized spacial score (nSPS) is 13.0. The number of urea groups is 1. The zero-order valence-electron chi connectivity index (χ0n) is 16.3. The Balaban J connectivity index is 1.50. The third kappa shape index (κ3) is 5.21. The monoisotopic (exact) mass is 423 g/mol. The highest BCUT2D eigenvalue weighted by Gasteiger charge is 2.25. The maximum absolute atomic E-state index is 13.0. The minimum absolute atomic E-state index is 0.224. The van der Waals surface area contributed by atoms with Gasteiger partial charge in [0.1, 0.15) is 5.76 Å². The molecule has 1 aliphatic rings. The third-order valence-corrected chi connectivity index (χ3v) is 5.13. The first-order chi connectivity index (χ1) is 14.6. The van der Waals surface area contributed by atoms with Crippen LogP contribution in [-0.2, 0) is 13.1 Å². The zero-order chi connectivity index (χ0) is 20.9. The van der Waals surface area contributed by atoms with Crippen LogP contribution >= 0.6 is 11.6 Å². The van der Waals surface area contributed by atoms with Crippen molar-refractivity contribution in [1.82, 2.24) is 10.2 Å². The van der Waals surface area contributed by atoms with Crippen molar-refractivity contribution >= 4 is 29.2 Å². The Hall–Kier alpha value is -3.25. The van der Waals surface area contributed by atoms with Crippen LogP contribution in [0, 0.1) is 0 Å². The minimum atomic E-state index is -0.300. The largest absolute Gasteiger partial charge is 0.467 e. The van der Waals surface area contributed by atoms with Crippen LogP contribution in [0.2, 0.25) is 5.02 Å². The second kappa shape index (κ2) is 9.05. The van der Waals surface area contributed by atoms with Gasteiger partial charge >= 0.3 is 6.03 Å². The van der Waals surface area contributed by atoms with E-state index in [4.69, 9.17) is 16.0 Å². The number of carbonyl (C=O) groups excluding carboxylic acids is 2. The van der Waals surface area contributed by atoms with E-state index in [0.717, 1.165) is 18.4 Å². The van der Waals surface area contributed by atoms with Gasteiger partial charge in [-0.2, -0.15) is 0 Å². The van der Waals surface area contributed by atoms with Crippen LogP contribution in [0.1, 0.15) is 34.5 Å². The van der Waals surface area contributed by atoms with Crippen LogP contribution in [0.25, 0.3) is 0 Å². The van der Waals surface area contributed by atoms with Gasteiger partial charge in [-0.15, -0.1) is 0 Å². The number of hydrogen-bond donors (Lipinski definition) is 2. The number of halogens is 1. The molecule has 2 N–H and O–H groups in total. The number of amides is 3. The Morgan fingerprint density at radius 3 is 2.53 bits per heavy atom. The zero-order valence-corrected chi connectivity index (χ0v) is 17.1. The molecule has 7 heteroatoms. The highest BCUT2D eigenvalue weighted by Crippen LogP contribution is 2.24. The molecular weight excluding hydrogens is 402 g/mol. The van der Waals surface area contributed by atoms with Crippen molar-refractivity contribution in [2.45, 2.75) is 32.0 Å².